The summed E-state index contributed by atoms with van der Waals surface area (Å²) in [6, 6.07) is 35.2. The van der Waals surface area contributed by atoms with Crippen molar-refractivity contribution in [2.75, 3.05) is 0 Å². The Kier molecular flexibility index (Phi) is 7.51. The molecular formula is C34H32N4O2. The first-order valence-corrected chi connectivity index (χ1v) is 13.2. The highest BCUT2D eigenvalue weighted by Crippen LogP contribution is 2.19. The van der Waals surface area contributed by atoms with E-state index >= 15 is 0 Å². The fraction of sp³-hybridized carbons (Fsp3) is 0.118. The Labute approximate surface area is 233 Å². The second-order valence-electron chi connectivity index (χ2n) is 10.0. The summed E-state index contributed by atoms with van der Waals surface area (Å²) in [4.78, 5) is 24.3. The molecule has 0 aliphatic heterocycles. The quantitative estimate of drug-likeness (QED) is 0.261. The highest BCUT2D eigenvalue weighted by molar-refractivity contribution is 5.60. The molecule has 2 heterocycles. The number of aryl methyl sites for hydroxylation is 4. The molecule has 0 aliphatic carbocycles. The van der Waals surface area contributed by atoms with Gasteiger partial charge in [-0.05, 0) is 68.1 Å². The lowest BCUT2D eigenvalue weighted by atomic mass is 10.1. The topological polar surface area (TPSA) is 75.6 Å². The van der Waals surface area contributed by atoms with Crippen molar-refractivity contribution in [3.8, 4) is 33.9 Å². The van der Waals surface area contributed by atoms with Crippen molar-refractivity contribution < 1.29 is 0 Å². The molecule has 0 radical (unpaired) electrons. The zero-order chi connectivity index (χ0) is 28.2. The van der Waals surface area contributed by atoms with Gasteiger partial charge in [0.15, 0.2) is 0 Å². The summed E-state index contributed by atoms with van der Waals surface area (Å²) in [6.07, 6.45) is 0. The molecule has 0 fully saturated rings. The molecule has 0 atom stereocenters. The predicted molar refractivity (Wildman–Crippen MR) is 163 cm³/mol. The zero-order valence-corrected chi connectivity index (χ0v) is 23.1. The maximum atomic E-state index is 12.2. The van der Waals surface area contributed by atoms with Gasteiger partial charge in [-0.25, -0.2) is 9.36 Å². The fourth-order valence-corrected chi connectivity index (χ4v) is 4.51. The third-order valence-corrected chi connectivity index (χ3v) is 6.78. The van der Waals surface area contributed by atoms with Crippen LogP contribution in [-0.2, 0) is 0 Å². The van der Waals surface area contributed by atoms with Crippen LogP contribution in [0.3, 0.4) is 0 Å². The molecule has 6 heteroatoms. The minimum Gasteiger partial charge on any atom is -0.290 e. The molecule has 200 valence electrons. The standard InChI is InChI=1S/2C17H16N2O/c1-12-6-8-14(9-7-12)16-11-17(20)19(18-16)15-5-3-4-13(2)10-15;1-12-7-9-14(10-8-12)15-11-17(20)19(18-15)16-6-4-3-5-13(16)2/h2*3-11,18H,1-2H3. The molecule has 0 amide bonds. The summed E-state index contributed by atoms with van der Waals surface area (Å²) in [5, 5.41) is 6.34. The maximum Gasteiger partial charge on any atom is 0.271 e. The molecule has 0 unspecified atom stereocenters. The number of para-hydroxylation sites is 1. The first-order valence-electron chi connectivity index (χ1n) is 13.2. The Hall–Kier alpha value is -5.10. The van der Waals surface area contributed by atoms with Crippen molar-refractivity contribution in [1.82, 2.24) is 19.6 Å². The molecule has 6 nitrogen and oxygen atoms in total. The van der Waals surface area contributed by atoms with Crippen LogP contribution in [0.4, 0.5) is 0 Å². The fourth-order valence-electron chi connectivity index (χ4n) is 4.51. The van der Waals surface area contributed by atoms with Crippen molar-refractivity contribution in [1.29, 1.82) is 0 Å². The molecular weight excluding hydrogens is 496 g/mol. The highest BCUT2D eigenvalue weighted by atomic mass is 16.1. The van der Waals surface area contributed by atoms with E-state index in [2.05, 4.69) is 10.2 Å². The Morgan fingerprint density at radius 3 is 1.57 bits per heavy atom. The van der Waals surface area contributed by atoms with E-state index in [0.29, 0.717) is 0 Å². The summed E-state index contributed by atoms with van der Waals surface area (Å²) < 4.78 is 3.16. The van der Waals surface area contributed by atoms with Gasteiger partial charge in [0.05, 0.1) is 22.8 Å². The third-order valence-electron chi connectivity index (χ3n) is 6.78. The summed E-state index contributed by atoms with van der Waals surface area (Å²) >= 11 is 0. The molecule has 2 aromatic heterocycles. The van der Waals surface area contributed by atoms with E-state index < -0.39 is 0 Å². The lowest BCUT2D eigenvalue weighted by Crippen LogP contribution is -2.14. The molecule has 0 aliphatic rings. The SMILES string of the molecule is Cc1ccc(-c2cc(=O)n(-c3cccc(C)c3)[nH]2)cc1.Cc1ccc(-c2cc(=O)n(-c3ccccc3C)[nH]2)cc1. The van der Waals surface area contributed by atoms with Crippen LogP contribution in [0.15, 0.2) is 119 Å². The first-order chi connectivity index (χ1) is 19.3. The van der Waals surface area contributed by atoms with Crippen molar-refractivity contribution in [3.63, 3.8) is 0 Å². The predicted octanol–water partition coefficient (Wildman–Crippen LogP) is 6.90. The maximum absolute atomic E-state index is 12.2. The van der Waals surface area contributed by atoms with Crippen LogP contribution in [0.2, 0.25) is 0 Å². The van der Waals surface area contributed by atoms with Crippen LogP contribution in [0.1, 0.15) is 22.3 Å². The largest absolute Gasteiger partial charge is 0.290 e. The molecule has 4 aromatic carbocycles. The molecule has 6 rings (SSSR count). The van der Waals surface area contributed by atoms with Gasteiger partial charge in [0.2, 0.25) is 0 Å². The number of nitrogens with one attached hydrogen (secondary N) is 2. The number of rotatable bonds is 4. The lowest BCUT2D eigenvalue weighted by Gasteiger charge is -2.05. The van der Waals surface area contributed by atoms with E-state index in [9.17, 15) is 9.59 Å². The minimum absolute atomic E-state index is 0.0464. The Morgan fingerprint density at radius 1 is 0.500 bits per heavy atom. The molecule has 0 spiro atoms. The van der Waals surface area contributed by atoms with Crippen LogP contribution in [0.5, 0.6) is 0 Å². The number of H-pyrrole nitrogens is 2. The van der Waals surface area contributed by atoms with Crippen molar-refractivity contribution in [2.24, 2.45) is 0 Å². The smallest absolute Gasteiger partial charge is 0.271 e. The van der Waals surface area contributed by atoms with Gasteiger partial charge in [-0.3, -0.25) is 19.8 Å². The Morgan fingerprint density at radius 2 is 1.02 bits per heavy atom. The van der Waals surface area contributed by atoms with Gasteiger partial charge in [-0.2, -0.15) is 0 Å². The second-order valence-corrected chi connectivity index (χ2v) is 10.0. The van der Waals surface area contributed by atoms with E-state index in [0.717, 1.165) is 45.0 Å². The Balaban J connectivity index is 0.000000161. The second kappa shape index (κ2) is 11.3. The number of aromatic nitrogens is 4. The minimum atomic E-state index is -0.0498. The Bertz CT molecular complexity index is 1870. The van der Waals surface area contributed by atoms with Crippen LogP contribution >= 0.6 is 0 Å². The van der Waals surface area contributed by atoms with E-state index in [4.69, 9.17) is 0 Å². The number of hydrogen-bond donors (Lipinski definition) is 2. The first kappa shape index (κ1) is 26.5. The van der Waals surface area contributed by atoms with Crippen LogP contribution in [0.25, 0.3) is 33.9 Å². The molecule has 0 saturated heterocycles. The zero-order valence-electron chi connectivity index (χ0n) is 23.1. The monoisotopic (exact) mass is 528 g/mol. The van der Waals surface area contributed by atoms with Crippen LogP contribution in [-0.4, -0.2) is 19.6 Å². The van der Waals surface area contributed by atoms with E-state index in [1.165, 1.54) is 11.1 Å². The van der Waals surface area contributed by atoms with Gasteiger partial charge < -0.3 is 0 Å². The van der Waals surface area contributed by atoms with E-state index in [-0.39, 0.29) is 11.1 Å². The van der Waals surface area contributed by atoms with Gasteiger partial charge in [0.1, 0.15) is 0 Å². The summed E-state index contributed by atoms with van der Waals surface area (Å²) in [5.74, 6) is 0. The molecule has 40 heavy (non-hydrogen) atoms. The van der Waals surface area contributed by atoms with Gasteiger partial charge >= 0.3 is 0 Å². The molecule has 0 bridgehead atoms. The van der Waals surface area contributed by atoms with E-state index in [1.807, 2.05) is 125 Å². The van der Waals surface area contributed by atoms with Gasteiger partial charge in [-0.15, -0.1) is 0 Å². The third kappa shape index (κ3) is 5.81. The lowest BCUT2D eigenvalue weighted by molar-refractivity contribution is 0.845. The number of nitrogens with zero attached hydrogens (tertiary/aromatic N) is 2. The van der Waals surface area contributed by atoms with Crippen molar-refractivity contribution in [2.45, 2.75) is 27.7 Å². The highest BCUT2D eigenvalue weighted by Gasteiger charge is 2.09. The molecule has 2 N–H and O–H groups in total. The van der Waals surface area contributed by atoms with Crippen LogP contribution in [0, 0.1) is 27.7 Å². The number of benzene rings is 4. The van der Waals surface area contributed by atoms with Gasteiger partial charge in [0.25, 0.3) is 11.1 Å². The van der Waals surface area contributed by atoms with Gasteiger partial charge in [-0.1, -0.05) is 90.0 Å². The molecule has 0 saturated carbocycles. The average Bonchev–Trinajstić information content (AvgIpc) is 3.53. The van der Waals surface area contributed by atoms with Gasteiger partial charge in [0, 0.05) is 12.1 Å². The van der Waals surface area contributed by atoms with Crippen molar-refractivity contribution in [3.05, 3.63) is 152 Å². The summed E-state index contributed by atoms with van der Waals surface area (Å²) in [6.45, 7) is 8.10. The van der Waals surface area contributed by atoms with Crippen molar-refractivity contribution >= 4 is 0 Å². The average molecular weight is 529 g/mol. The molecule has 6 aromatic rings. The summed E-state index contributed by atoms with van der Waals surface area (Å²) in [7, 11) is 0. The van der Waals surface area contributed by atoms with Crippen LogP contribution < -0.4 is 11.1 Å². The normalized spacial score (nSPS) is 10.7. The number of aromatic amines is 2. The van der Waals surface area contributed by atoms with E-state index in [1.54, 1.807) is 21.5 Å². The summed E-state index contributed by atoms with van der Waals surface area (Å²) in [5.41, 5.74) is 9.93. The number of hydrogen-bond acceptors (Lipinski definition) is 2.